The number of aliphatic hydroxyl groups is 1. The van der Waals surface area contributed by atoms with Crippen molar-refractivity contribution in [2.45, 2.75) is 31.7 Å². The second-order valence-electron chi connectivity index (χ2n) is 6.77. The molecule has 0 radical (unpaired) electrons. The topological polar surface area (TPSA) is 50.4 Å². The quantitative estimate of drug-likeness (QED) is 0.734. The number of nitrogens with zero attached hydrogens (tertiary/aromatic N) is 3. The van der Waals surface area contributed by atoms with Crippen LogP contribution in [0.15, 0.2) is 59.9 Å². The molecule has 4 heteroatoms. The standard InChI is InChI=1S/C21H23N3O/c25-14-17-5-1-2-6-19(17)22-13-16-9-11-18(12-10-16)24-15-23-20-7-3-4-8-21(20)24/h3-4,7-13,15,17,19,25H,1-2,5-6,14H2/t17-,19+/m0/s1. The van der Waals surface area contributed by atoms with Crippen molar-refractivity contribution in [3.8, 4) is 5.69 Å². The number of aliphatic imine (C=N–C) groups is 1. The second-order valence-corrected chi connectivity index (χ2v) is 6.77. The third-order valence-electron chi connectivity index (χ3n) is 5.14. The Morgan fingerprint density at radius 1 is 1.08 bits per heavy atom. The van der Waals surface area contributed by atoms with Crippen molar-refractivity contribution in [1.82, 2.24) is 9.55 Å². The van der Waals surface area contributed by atoms with Crippen molar-refractivity contribution < 1.29 is 5.11 Å². The van der Waals surface area contributed by atoms with E-state index in [2.05, 4.69) is 39.9 Å². The van der Waals surface area contributed by atoms with Crippen LogP contribution in [0.3, 0.4) is 0 Å². The van der Waals surface area contributed by atoms with Crippen molar-refractivity contribution in [1.29, 1.82) is 0 Å². The Balaban J connectivity index is 1.53. The van der Waals surface area contributed by atoms with Crippen LogP contribution in [0.2, 0.25) is 0 Å². The molecule has 2 aromatic carbocycles. The molecule has 1 aliphatic carbocycles. The molecule has 4 nitrogen and oxygen atoms in total. The number of hydrogen-bond acceptors (Lipinski definition) is 3. The third-order valence-corrected chi connectivity index (χ3v) is 5.14. The molecule has 25 heavy (non-hydrogen) atoms. The fourth-order valence-electron chi connectivity index (χ4n) is 3.67. The van der Waals surface area contributed by atoms with E-state index in [1.165, 1.54) is 12.8 Å². The minimum atomic E-state index is 0.245. The minimum Gasteiger partial charge on any atom is -0.396 e. The largest absolute Gasteiger partial charge is 0.396 e. The first-order chi connectivity index (χ1) is 12.3. The first kappa shape index (κ1) is 16.0. The normalized spacial score (nSPS) is 21.2. The van der Waals surface area contributed by atoms with Crippen molar-refractivity contribution in [2.75, 3.05) is 6.61 Å². The SMILES string of the molecule is OC[C@@H]1CCCC[C@H]1N=Cc1ccc(-n2cnc3ccccc32)cc1. The molecular formula is C21H23N3O. The second kappa shape index (κ2) is 7.19. The molecule has 1 saturated carbocycles. The van der Waals surface area contributed by atoms with Crippen molar-refractivity contribution in [3.05, 3.63) is 60.4 Å². The average molecular weight is 333 g/mol. The zero-order valence-corrected chi connectivity index (χ0v) is 14.3. The summed E-state index contributed by atoms with van der Waals surface area (Å²) in [4.78, 5) is 9.19. The molecule has 0 bridgehead atoms. The minimum absolute atomic E-state index is 0.245. The Morgan fingerprint density at radius 3 is 2.72 bits per heavy atom. The van der Waals surface area contributed by atoms with Gasteiger partial charge in [0.15, 0.2) is 0 Å². The number of aliphatic hydroxyl groups excluding tert-OH is 1. The summed E-state index contributed by atoms with van der Waals surface area (Å²) in [5.41, 5.74) is 4.30. The van der Waals surface area contributed by atoms with Crippen LogP contribution in [0.4, 0.5) is 0 Å². The van der Waals surface area contributed by atoms with E-state index in [-0.39, 0.29) is 12.6 Å². The third kappa shape index (κ3) is 3.35. The highest BCUT2D eigenvalue weighted by Gasteiger charge is 2.23. The monoisotopic (exact) mass is 333 g/mol. The van der Waals surface area contributed by atoms with Gasteiger partial charge in [-0.25, -0.2) is 4.98 Å². The summed E-state index contributed by atoms with van der Waals surface area (Å²) < 4.78 is 2.10. The number of rotatable bonds is 4. The van der Waals surface area contributed by atoms with Crippen LogP contribution in [0.25, 0.3) is 16.7 Å². The lowest BCUT2D eigenvalue weighted by molar-refractivity contribution is 0.172. The number of benzene rings is 2. The average Bonchev–Trinajstić information content (AvgIpc) is 3.11. The Labute approximate surface area is 147 Å². The van der Waals surface area contributed by atoms with E-state index in [0.29, 0.717) is 5.92 Å². The molecule has 1 N–H and O–H groups in total. The van der Waals surface area contributed by atoms with Gasteiger partial charge in [0.25, 0.3) is 0 Å². The molecule has 1 aliphatic rings. The van der Waals surface area contributed by atoms with Gasteiger partial charge in [0.1, 0.15) is 6.33 Å². The molecule has 1 heterocycles. The summed E-state index contributed by atoms with van der Waals surface area (Å²) in [6.45, 7) is 0.245. The molecular weight excluding hydrogens is 310 g/mol. The molecule has 0 aliphatic heterocycles. The predicted octanol–water partition coefficient (Wildman–Crippen LogP) is 4.00. The number of imidazole rings is 1. The highest BCUT2D eigenvalue weighted by molar-refractivity contribution is 5.81. The van der Waals surface area contributed by atoms with Gasteiger partial charge >= 0.3 is 0 Å². The Kier molecular flexibility index (Phi) is 4.61. The van der Waals surface area contributed by atoms with Gasteiger partial charge in [0, 0.05) is 24.4 Å². The lowest BCUT2D eigenvalue weighted by Crippen LogP contribution is -2.26. The maximum absolute atomic E-state index is 9.50. The molecule has 0 saturated heterocycles. The summed E-state index contributed by atoms with van der Waals surface area (Å²) in [5.74, 6) is 0.321. The smallest absolute Gasteiger partial charge is 0.100 e. The van der Waals surface area contributed by atoms with E-state index >= 15 is 0 Å². The van der Waals surface area contributed by atoms with Crippen molar-refractivity contribution in [3.63, 3.8) is 0 Å². The fourth-order valence-corrected chi connectivity index (χ4v) is 3.67. The van der Waals surface area contributed by atoms with Crippen molar-refractivity contribution in [2.24, 2.45) is 10.9 Å². The van der Waals surface area contributed by atoms with E-state index < -0.39 is 0 Å². The molecule has 1 aromatic heterocycles. The van der Waals surface area contributed by atoms with Gasteiger partial charge in [0.2, 0.25) is 0 Å². The van der Waals surface area contributed by atoms with Crippen molar-refractivity contribution >= 4 is 17.2 Å². The van der Waals surface area contributed by atoms with Gasteiger partial charge in [-0.2, -0.15) is 0 Å². The molecule has 1 fully saturated rings. The van der Waals surface area contributed by atoms with E-state index in [1.807, 2.05) is 30.7 Å². The summed E-state index contributed by atoms with van der Waals surface area (Å²) in [6.07, 6.45) is 8.41. The summed E-state index contributed by atoms with van der Waals surface area (Å²) >= 11 is 0. The number of aromatic nitrogens is 2. The molecule has 0 amide bonds. The van der Waals surface area contributed by atoms with Crippen LogP contribution in [-0.4, -0.2) is 33.5 Å². The number of fused-ring (bicyclic) bond motifs is 1. The maximum atomic E-state index is 9.50. The first-order valence-electron chi connectivity index (χ1n) is 9.02. The highest BCUT2D eigenvalue weighted by Crippen LogP contribution is 2.26. The van der Waals surface area contributed by atoms with E-state index in [9.17, 15) is 5.11 Å². The zero-order chi connectivity index (χ0) is 17.1. The zero-order valence-electron chi connectivity index (χ0n) is 14.3. The highest BCUT2D eigenvalue weighted by atomic mass is 16.3. The Bertz CT molecular complexity index is 866. The first-order valence-corrected chi connectivity index (χ1v) is 9.02. The van der Waals surface area contributed by atoms with Gasteiger partial charge in [-0.1, -0.05) is 37.1 Å². The maximum Gasteiger partial charge on any atom is 0.100 e. The van der Waals surface area contributed by atoms with Crippen LogP contribution >= 0.6 is 0 Å². The van der Waals surface area contributed by atoms with Crippen LogP contribution in [0.5, 0.6) is 0 Å². The predicted molar refractivity (Wildman–Crippen MR) is 101 cm³/mol. The van der Waals surface area contributed by atoms with Crippen LogP contribution in [0, 0.1) is 5.92 Å². The molecule has 0 unspecified atom stereocenters. The van der Waals surface area contributed by atoms with E-state index in [1.54, 1.807) is 0 Å². The van der Waals surface area contributed by atoms with Gasteiger partial charge in [0.05, 0.1) is 17.1 Å². The Hall–Kier alpha value is -2.46. The van der Waals surface area contributed by atoms with Gasteiger partial charge in [-0.3, -0.25) is 9.56 Å². The lowest BCUT2D eigenvalue weighted by Gasteiger charge is -2.26. The Morgan fingerprint density at radius 2 is 1.88 bits per heavy atom. The molecule has 4 rings (SSSR count). The van der Waals surface area contributed by atoms with Gasteiger partial charge < -0.3 is 5.11 Å². The number of hydrogen-bond donors (Lipinski definition) is 1. The molecule has 128 valence electrons. The van der Waals surface area contributed by atoms with Crippen LogP contribution in [0.1, 0.15) is 31.2 Å². The lowest BCUT2D eigenvalue weighted by atomic mass is 9.85. The van der Waals surface area contributed by atoms with Crippen LogP contribution in [-0.2, 0) is 0 Å². The van der Waals surface area contributed by atoms with Crippen LogP contribution < -0.4 is 0 Å². The summed E-state index contributed by atoms with van der Waals surface area (Å²) in [7, 11) is 0. The van der Waals surface area contributed by atoms with E-state index in [4.69, 9.17) is 4.99 Å². The molecule has 3 aromatic rings. The summed E-state index contributed by atoms with van der Waals surface area (Å²) in [5, 5.41) is 9.50. The van der Waals surface area contributed by atoms with Gasteiger partial charge in [-0.15, -0.1) is 0 Å². The number of para-hydroxylation sites is 2. The molecule has 2 atom stereocenters. The summed E-state index contributed by atoms with van der Waals surface area (Å²) in [6, 6.07) is 16.8. The fraction of sp³-hybridized carbons (Fsp3) is 0.333. The van der Waals surface area contributed by atoms with E-state index in [0.717, 1.165) is 35.1 Å². The van der Waals surface area contributed by atoms with Gasteiger partial charge in [-0.05, 0) is 42.7 Å². The molecule has 0 spiro atoms.